The molecule has 0 amide bonds. The van der Waals surface area contributed by atoms with Crippen molar-refractivity contribution in [3.63, 3.8) is 0 Å². The van der Waals surface area contributed by atoms with Crippen molar-refractivity contribution in [3.05, 3.63) is 60.6 Å². The van der Waals surface area contributed by atoms with Crippen molar-refractivity contribution in [2.45, 2.75) is 6.92 Å². The summed E-state index contributed by atoms with van der Waals surface area (Å²) in [5, 5.41) is 4.34. The minimum absolute atomic E-state index is 0.749. The minimum Gasteiger partial charge on any atom is -0.398 e. The molecule has 0 fully saturated rings. The fraction of sp³-hybridized carbons (Fsp3) is 0.0667. The van der Waals surface area contributed by atoms with E-state index in [1.54, 1.807) is 10.9 Å². The predicted octanol–water partition coefficient (Wildman–Crippen LogP) is 2.82. The van der Waals surface area contributed by atoms with Crippen LogP contribution in [0, 0.1) is 6.92 Å². The molecule has 19 heavy (non-hydrogen) atoms. The molecule has 0 saturated heterocycles. The molecule has 0 radical (unpaired) electrons. The van der Waals surface area contributed by atoms with Crippen LogP contribution < -0.4 is 5.73 Å². The van der Waals surface area contributed by atoms with Crippen molar-refractivity contribution in [1.82, 2.24) is 14.8 Å². The van der Waals surface area contributed by atoms with Crippen LogP contribution in [-0.4, -0.2) is 14.8 Å². The van der Waals surface area contributed by atoms with E-state index in [1.807, 2.05) is 55.6 Å². The largest absolute Gasteiger partial charge is 0.398 e. The Balaban J connectivity index is 2.03. The van der Waals surface area contributed by atoms with E-state index < -0.39 is 0 Å². The van der Waals surface area contributed by atoms with Crippen molar-refractivity contribution < 1.29 is 0 Å². The number of aromatic nitrogens is 3. The molecule has 2 aromatic heterocycles. The SMILES string of the molecule is Cc1cccc(-n2cc(-c3ccccc3N)cn2)n1. The lowest BCUT2D eigenvalue weighted by Crippen LogP contribution is -1.98. The summed E-state index contributed by atoms with van der Waals surface area (Å²) in [6.45, 7) is 1.96. The number of anilines is 1. The van der Waals surface area contributed by atoms with Gasteiger partial charge in [0.05, 0.1) is 6.20 Å². The number of pyridine rings is 1. The molecule has 94 valence electrons. The summed E-state index contributed by atoms with van der Waals surface area (Å²) < 4.78 is 1.76. The fourth-order valence-corrected chi connectivity index (χ4v) is 2.00. The second-order valence-corrected chi connectivity index (χ2v) is 4.40. The maximum Gasteiger partial charge on any atom is 0.153 e. The van der Waals surface area contributed by atoms with E-state index in [2.05, 4.69) is 10.1 Å². The summed E-state index contributed by atoms with van der Waals surface area (Å²) in [6.07, 6.45) is 3.74. The van der Waals surface area contributed by atoms with E-state index in [0.29, 0.717) is 0 Å². The van der Waals surface area contributed by atoms with Crippen LogP contribution in [0.5, 0.6) is 0 Å². The van der Waals surface area contributed by atoms with Gasteiger partial charge in [0, 0.05) is 28.7 Å². The maximum atomic E-state index is 5.97. The summed E-state index contributed by atoms with van der Waals surface area (Å²) in [5.74, 6) is 0.806. The Bertz CT molecular complexity index is 715. The molecule has 0 atom stereocenters. The minimum atomic E-state index is 0.749. The first-order valence-electron chi connectivity index (χ1n) is 6.07. The number of aryl methyl sites for hydroxylation is 1. The lowest BCUT2D eigenvalue weighted by molar-refractivity contribution is 0.841. The zero-order valence-electron chi connectivity index (χ0n) is 10.6. The molecule has 2 heterocycles. The first kappa shape index (κ1) is 11.5. The van der Waals surface area contributed by atoms with Gasteiger partial charge in [0.1, 0.15) is 0 Å². The van der Waals surface area contributed by atoms with Gasteiger partial charge in [-0.05, 0) is 25.1 Å². The second-order valence-electron chi connectivity index (χ2n) is 4.40. The molecule has 0 bridgehead atoms. The van der Waals surface area contributed by atoms with Crippen LogP contribution in [-0.2, 0) is 0 Å². The van der Waals surface area contributed by atoms with Crippen LogP contribution in [0.4, 0.5) is 5.69 Å². The van der Waals surface area contributed by atoms with Gasteiger partial charge in [0.15, 0.2) is 5.82 Å². The highest BCUT2D eigenvalue weighted by Crippen LogP contribution is 2.25. The highest BCUT2D eigenvalue weighted by molar-refractivity contribution is 5.75. The molecular weight excluding hydrogens is 236 g/mol. The topological polar surface area (TPSA) is 56.7 Å². The Morgan fingerprint density at radius 3 is 2.68 bits per heavy atom. The van der Waals surface area contributed by atoms with Gasteiger partial charge in [-0.1, -0.05) is 24.3 Å². The predicted molar refractivity (Wildman–Crippen MR) is 75.9 cm³/mol. The van der Waals surface area contributed by atoms with Crippen molar-refractivity contribution >= 4 is 5.69 Å². The number of hydrogen-bond donors (Lipinski definition) is 1. The van der Waals surface area contributed by atoms with Gasteiger partial charge in [0.25, 0.3) is 0 Å². The molecule has 3 aromatic rings. The van der Waals surface area contributed by atoms with Gasteiger partial charge in [-0.15, -0.1) is 0 Å². The molecule has 0 spiro atoms. The maximum absolute atomic E-state index is 5.97. The molecule has 0 aliphatic rings. The van der Waals surface area contributed by atoms with Crippen LogP contribution in [0.15, 0.2) is 54.9 Å². The van der Waals surface area contributed by atoms with Crippen LogP contribution >= 0.6 is 0 Å². The fourth-order valence-electron chi connectivity index (χ4n) is 2.00. The van der Waals surface area contributed by atoms with E-state index in [-0.39, 0.29) is 0 Å². The van der Waals surface area contributed by atoms with Crippen molar-refractivity contribution in [3.8, 4) is 16.9 Å². The third-order valence-electron chi connectivity index (χ3n) is 2.96. The molecule has 4 nitrogen and oxygen atoms in total. The third-order valence-corrected chi connectivity index (χ3v) is 2.96. The number of nitrogen functional groups attached to an aromatic ring is 1. The summed E-state index contributed by atoms with van der Waals surface area (Å²) >= 11 is 0. The molecule has 0 saturated carbocycles. The van der Waals surface area contributed by atoms with Gasteiger partial charge < -0.3 is 5.73 Å². The average molecular weight is 250 g/mol. The normalized spacial score (nSPS) is 10.6. The van der Waals surface area contributed by atoms with E-state index in [9.17, 15) is 0 Å². The van der Waals surface area contributed by atoms with Crippen molar-refractivity contribution in [2.75, 3.05) is 5.73 Å². The van der Waals surface area contributed by atoms with Gasteiger partial charge in [-0.25, -0.2) is 9.67 Å². The number of hydrogen-bond acceptors (Lipinski definition) is 3. The Labute approximate surface area is 111 Å². The Morgan fingerprint density at radius 2 is 1.89 bits per heavy atom. The Hall–Kier alpha value is -2.62. The number of rotatable bonds is 2. The highest BCUT2D eigenvalue weighted by atomic mass is 15.3. The third kappa shape index (κ3) is 2.20. The first-order chi connectivity index (χ1) is 9.24. The Kier molecular flexibility index (Phi) is 2.76. The van der Waals surface area contributed by atoms with Crippen LogP contribution in [0.2, 0.25) is 0 Å². The van der Waals surface area contributed by atoms with Gasteiger partial charge in [0.2, 0.25) is 0 Å². The summed E-state index contributed by atoms with van der Waals surface area (Å²) in [5.41, 5.74) is 9.66. The summed E-state index contributed by atoms with van der Waals surface area (Å²) in [7, 11) is 0. The first-order valence-corrected chi connectivity index (χ1v) is 6.07. The molecule has 0 aliphatic carbocycles. The Morgan fingerprint density at radius 1 is 1.05 bits per heavy atom. The number of benzene rings is 1. The van der Waals surface area contributed by atoms with E-state index in [1.165, 1.54) is 0 Å². The number of nitrogens with two attached hydrogens (primary N) is 1. The van der Waals surface area contributed by atoms with Gasteiger partial charge >= 0.3 is 0 Å². The van der Waals surface area contributed by atoms with E-state index in [4.69, 9.17) is 5.73 Å². The molecule has 3 rings (SSSR count). The zero-order chi connectivity index (χ0) is 13.2. The molecule has 4 heteroatoms. The lowest BCUT2D eigenvalue weighted by Gasteiger charge is -2.02. The number of para-hydroxylation sites is 1. The summed E-state index contributed by atoms with van der Waals surface area (Å²) in [4.78, 5) is 4.44. The average Bonchev–Trinajstić information content (AvgIpc) is 2.89. The summed E-state index contributed by atoms with van der Waals surface area (Å²) in [6, 6.07) is 13.6. The molecule has 2 N–H and O–H groups in total. The van der Waals surface area contributed by atoms with Gasteiger partial charge in [-0.3, -0.25) is 0 Å². The van der Waals surface area contributed by atoms with E-state index in [0.717, 1.165) is 28.3 Å². The molecule has 0 aliphatic heterocycles. The number of nitrogens with zero attached hydrogens (tertiary/aromatic N) is 3. The zero-order valence-corrected chi connectivity index (χ0v) is 10.6. The van der Waals surface area contributed by atoms with Gasteiger partial charge in [-0.2, -0.15) is 5.10 Å². The van der Waals surface area contributed by atoms with Crippen molar-refractivity contribution in [2.24, 2.45) is 0 Å². The van der Waals surface area contributed by atoms with Crippen molar-refractivity contribution in [1.29, 1.82) is 0 Å². The standard InChI is InChI=1S/C15H14N4/c1-11-5-4-8-15(18-11)19-10-12(9-17-19)13-6-2-3-7-14(13)16/h2-10H,16H2,1H3. The van der Waals surface area contributed by atoms with Crippen LogP contribution in [0.25, 0.3) is 16.9 Å². The smallest absolute Gasteiger partial charge is 0.153 e. The van der Waals surface area contributed by atoms with E-state index >= 15 is 0 Å². The molecule has 0 unspecified atom stereocenters. The molecular formula is C15H14N4. The highest BCUT2D eigenvalue weighted by Gasteiger charge is 2.06. The quantitative estimate of drug-likeness (QED) is 0.711. The van der Waals surface area contributed by atoms with Crippen LogP contribution in [0.1, 0.15) is 5.69 Å². The molecule has 1 aromatic carbocycles. The lowest BCUT2D eigenvalue weighted by atomic mass is 10.1. The second kappa shape index (κ2) is 4.57. The monoisotopic (exact) mass is 250 g/mol. The van der Waals surface area contributed by atoms with Crippen LogP contribution in [0.3, 0.4) is 0 Å².